The molecule has 3 rings (SSSR count). The van der Waals surface area contributed by atoms with E-state index in [4.69, 9.17) is 17.0 Å². The molecule has 8 heteroatoms. The Morgan fingerprint density at radius 1 is 1.42 bits per heavy atom. The summed E-state index contributed by atoms with van der Waals surface area (Å²) in [5.41, 5.74) is 1.13. The average Bonchev–Trinajstić information content (AvgIpc) is 2.93. The van der Waals surface area contributed by atoms with E-state index in [2.05, 4.69) is 9.97 Å². The van der Waals surface area contributed by atoms with Gasteiger partial charge in [-0.1, -0.05) is 0 Å². The number of likely N-dealkylation sites (tertiary alicyclic amines) is 1. The molecule has 6 nitrogen and oxygen atoms in total. The number of ether oxygens (including phenoxy) is 1. The van der Waals surface area contributed by atoms with Crippen LogP contribution in [0.2, 0.25) is 0 Å². The number of hydrogen-bond acceptors (Lipinski definition) is 4. The highest BCUT2D eigenvalue weighted by atomic mass is 32.1. The lowest BCUT2D eigenvalue weighted by atomic mass is 9.97. The van der Waals surface area contributed by atoms with Crippen molar-refractivity contribution >= 4 is 35.1 Å². The highest BCUT2D eigenvalue weighted by Gasteiger charge is 2.30. The Balaban J connectivity index is 1.89. The summed E-state index contributed by atoms with van der Waals surface area (Å²) in [7, 11) is 0. The van der Waals surface area contributed by atoms with Gasteiger partial charge < -0.3 is 19.6 Å². The second kappa shape index (κ2) is 6.72. The molecule has 0 spiro atoms. The van der Waals surface area contributed by atoms with E-state index < -0.39 is 5.82 Å². The molecule has 1 unspecified atom stereocenters. The molecule has 2 aromatic rings. The van der Waals surface area contributed by atoms with E-state index >= 15 is 0 Å². The number of esters is 1. The zero-order valence-corrected chi connectivity index (χ0v) is 14.0. The second-order valence-corrected chi connectivity index (χ2v) is 6.21. The van der Waals surface area contributed by atoms with Crippen LogP contribution in [0.4, 0.5) is 4.39 Å². The number of piperidine rings is 1. The van der Waals surface area contributed by atoms with Crippen molar-refractivity contribution in [3.8, 4) is 0 Å². The number of aromatic amines is 2. The number of amides is 1. The number of imidazole rings is 1. The number of hydrogen-bond donors (Lipinski definition) is 2. The molecule has 1 amide bonds. The maximum Gasteiger partial charge on any atom is 0.310 e. The van der Waals surface area contributed by atoms with Gasteiger partial charge >= 0.3 is 5.97 Å². The van der Waals surface area contributed by atoms with Crippen LogP contribution >= 0.6 is 12.2 Å². The zero-order valence-electron chi connectivity index (χ0n) is 13.2. The smallest absolute Gasteiger partial charge is 0.310 e. The number of H-pyrrole nitrogens is 2. The van der Waals surface area contributed by atoms with Gasteiger partial charge in [-0.25, -0.2) is 4.39 Å². The number of fused-ring (bicyclic) bond motifs is 1. The third-order valence-electron chi connectivity index (χ3n) is 4.15. The van der Waals surface area contributed by atoms with Crippen molar-refractivity contribution in [2.75, 3.05) is 19.7 Å². The van der Waals surface area contributed by atoms with Crippen LogP contribution in [0.5, 0.6) is 0 Å². The minimum Gasteiger partial charge on any atom is -0.466 e. The lowest BCUT2D eigenvalue weighted by Gasteiger charge is -2.31. The van der Waals surface area contributed by atoms with Crippen molar-refractivity contribution in [1.82, 2.24) is 14.9 Å². The molecule has 0 saturated carbocycles. The molecule has 2 N–H and O–H groups in total. The summed E-state index contributed by atoms with van der Waals surface area (Å²) < 4.78 is 19.2. The first-order valence-electron chi connectivity index (χ1n) is 7.87. The fourth-order valence-electron chi connectivity index (χ4n) is 3.06. The molecule has 0 radical (unpaired) electrons. The molecular weight excluding hydrogens is 333 g/mol. The summed E-state index contributed by atoms with van der Waals surface area (Å²) in [5.74, 6) is -1.47. The third-order valence-corrected chi connectivity index (χ3v) is 4.35. The molecule has 1 fully saturated rings. The van der Waals surface area contributed by atoms with Gasteiger partial charge in [-0.05, 0) is 44.1 Å². The summed E-state index contributed by atoms with van der Waals surface area (Å²) in [6.07, 6.45) is 1.39. The molecule has 1 aliphatic heterocycles. The Kier molecular flexibility index (Phi) is 4.66. The van der Waals surface area contributed by atoms with Crippen molar-refractivity contribution in [2.24, 2.45) is 5.92 Å². The van der Waals surface area contributed by atoms with Crippen LogP contribution in [0.3, 0.4) is 0 Å². The van der Waals surface area contributed by atoms with Crippen LogP contribution in [-0.2, 0) is 9.53 Å². The summed E-state index contributed by atoms with van der Waals surface area (Å²) in [5, 5.41) is 0. The number of carbonyl (C=O) groups excluding carboxylic acids is 2. The van der Waals surface area contributed by atoms with Crippen molar-refractivity contribution in [2.45, 2.75) is 19.8 Å². The van der Waals surface area contributed by atoms with Crippen molar-refractivity contribution in [3.05, 3.63) is 28.3 Å². The quantitative estimate of drug-likeness (QED) is 0.658. The number of aromatic nitrogens is 2. The lowest BCUT2D eigenvalue weighted by Crippen LogP contribution is -2.42. The molecule has 1 aliphatic rings. The van der Waals surface area contributed by atoms with Gasteiger partial charge in [-0.15, -0.1) is 0 Å². The van der Waals surface area contributed by atoms with Crippen LogP contribution < -0.4 is 0 Å². The van der Waals surface area contributed by atoms with Gasteiger partial charge in [-0.2, -0.15) is 0 Å². The minimum atomic E-state index is -0.518. The normalized spacial score (nSPS) is 17.9. The SMILES string of the molecule is CCOC(=O)C1CCCN(C(=O)c2cc(F)cc3[nH]c(=S)[nH]c23)C1. The molecule has 1 aromatic carbocycles. The first kappa shape index (κ1) is 16.6. The zero-order chi connectivity index (χ0) is 17.3. The molecule has 0 bridgehead atoms. The summed E-state index contributed by atoms with van der Waals surface area (Å²) >= 11 is 5.02. The standard InChI is InChI=1S/C16H18FN3O3S/c1-2-23-15(22)9-4-3-5-20(8-9)14(21)11-6-10(17)7-12-13(11)19-16(24)18-12/h6-7,9H,2-5,8H2,1H3,(H2,18,19,24). The van der Waals surface area contributed by atoms with Crippen LogP contribution in [0.1, 0.15) is 30.1 Å². The van der Waals surface area contributed by atoms with Gasteiger partial charge in [0.2, 0.25) is 0 Å². The number of rotatable bonds is 3. The molecule has 1 saturated heterocycles. The van der Waals surface area contributed by atoms with E-state index in [1.165, 1.54) is 12.1 Å². The lowest BCUT2D eigenvalue weighted by molar-refractivity contribution is -0.149. The Morgan fingerprint density at radius 2 is 2.21 bits per heavy atom. The monoisotopic (exact) mass is 351 g/mol. The Labute approximate surface area is 143 Å². The molecule has 128 valence electrons. The summed E-state index contributed by atoms with van der Waals surface area (Å²) in [6.45, 7) is 2.87. The van der Waals surface area contributed by atoms with Gasteiger partial charge in [0.05, 0.1) is 29.1 Å². The number of carbonyl (C=O) groups is 2. The van der Waals surface area contributed by atoms with Gasteiger partial charge in [0.25, 0.3) is 5.91 Å². The molecule has 1 aromatic heterocycles. The first-order valence-corrected chi connectivity index (χ1v) is 8.28. The van der Waals surface area contributed by atoms with E-state index in [9.17, 15) is 14.0 Å². The van der Waals surface area contributed by atoms with Crippen LogP contribution in [0.25, 0.3) is 11.0 Å². The van der Waals surface area contributed by atoms with Gasteiger partial charge in [0.1, 0.15) is 5.82 Å². The van der Waals surface area contributed by atoms with Crippen molar-refractivity contribution < 1.29 is 18.7 Å². The van der Waals surface area contributed by atoms with Crippen molar-refractivity contribution in [3.63, 3.8) is 0 Å². The molecule has 2 heterocycles. The maximum atomic E-state index is 13.8. The number of nitrogens with one attached hydrogen (secondary N) is 2. The topological polar surface area (TPSA) is 78.2 Å². The van der Waals surface area contributed by atoms with Gasteiger partial charge in [-0.3, -0.25) is 9.59 Å². The van der Waals surface area contributed by atoms with Gasteiger partial charge in [0.15, 0.2) is 4.77 Å². The average molecular weight is 351 g/mol. The first-order chi connectivity index (χ1) is 11.5. The Hall–Kier alpha value is -2.22. The van der Waals surface area contributed by atoms with E-state index in [0.29, 0.717) is 41.8 Å². The number of benzene rings is 1. The van der Waals surface area contributed by atoms with Crippen LogP contribution in [0.15, 0.2) is 12.1 Å². The van der Waals surface area contributed by atoms with E-state index in [-0.39, 0.29) is 29.9 Å². The number of halogens is 1. The molecule has 24 heavy (non-hydrogen) atoms. The van der Waals surface area contributed by atoms with E-state index in [1.807, 2.05) is 0 Å². The van der Waals surface area contributed by atoms with E-state index in [1.54, 1.807) is 11.8 Å². The van der Waals surface area contributed by atoms with Crippen LogP contribution in [0, 0.1) is 16.5 Å². The largest absolute Gasteiger partial charge is 0.466 e. The minimum absolute atomic E-state index is 0.210. The van der Waals surface area contributed by atoms with Gasteiger partial charge in [0, 0.05) is 13.1 Å². The molecule has 0 aliphatic carbocycles. The second-order valence-electron chi connectivity index (χ2n) is 5.80. The summed E-state index contributed by atoms with van der Waals surface area (Å²) in [4.78, 5) is 32.0. The fraction of sp³-hybridized carbons (Fsp3) is 0.438. The van der Waals surface area contributed by atoms with Crippen LogP contribution in [-0.4, -0.2) is 46.4 Å². The Bertz CT molecular complexity index is 845. The summed E-state index contributed by atoms with van der Waals surface area (Å²) in [6, 6.07) is 2.48. The Morgan fingerprint density at radius 3 is 2.96 bits per heavy atom. The predicted molar refractivity (Wildman–Crippen MR) is 88.7 cm³/mol. The fourth-order valence-corrected chi connectivity index (χ4v) is 3.27. The highest BCUT2D eigenvalue weighted by Crippen LogP contribution is 2.24. The highest BCUT2D eigenvalue weighted by molar-refractivity contribution is 7.71. The molecular formula is C16H18FN3O3S. The molecule has 1 atom stereocenters. The van der Waals surface area contributed by atoms with E-state index in [0.717, 1.165) is 0 Å². The maximum absolute atomic E-state index is 13.8. The van der Waals surface area contributed by atoms with Crippen molar-refractivity contribution in [1.29, 1.82) is 0 Å². The third kappa shape index (κ3) is 3.19. The predicted octanol–water partition coefficient (Wildman–Crippen LogP) is 2.78. The number of nitrogens with zero attached hydrogens (tertiary/aromatic N) is 1.